The van der Waals surface area contributed by atoms with Crippen molar-refractivity contribution in [2.45, 2.75) is 51.2 Å². The number of aliphatic carboxylic acids is 2. The number of aliphatic hydroxyl groups is 2. The van der Waals surface area contributed by atoms with E-state index in [4.69, 9.17) is 14.9 Å². The molecule has 0 saturated carbocycles. The van der Waals surface area contributed by atoms with E-state index in [1.165, 1.54) is 45.1 Å². The molecule has 0 aromatic rings. The van der Waals surface area contributed by atoms with Gasteiger partial charge in [0.05, 0.1) is 18.4 Å². The highest BCUT2D eigenvalue weighted by Crippen LogP contribution is 2.41. The van der Waals surface area contributed by atoms with E-state index in [1.54, 1.807) is 0 Å². The zero-order valence-corrected chi connectivity index (χ0v) is 16.5. The smallest absolute Gasteiger partial charge is 0.328 e. The molecule has 1 rings (SSSR count). The van der Waals surface area contributed by atoms with E-state index >= 15 is 0 Å². The second-order valence-electron chi connectivity index (χ2n) is 7.83. The van der Waals surface area contributed by atoms with Crippen molar-refractivity contribution >= 4 is 23.7 Å². The first-order valence-electron chi connectivity index (χ1n) is 8.83. The van der Waals surface area contributed by atoms with E-state index in [0.717, 1.165) is 6.08 Å². The maximum absolute atomic E-state index is 12.1. The van der Waals surface area contributed by atoms with E-state index < -0.39 is 47.4 Å². The molecule has 29 heavy (non-hydrogen) atoms. The summed E-state index contributed by atoms with van der Waals surface area (Å²) in [6.07, 6.45) is 4.71. The van der Waals surface area contributed by atoms with Crippen LogP contribution in [0.1, 0.15) is 40.0 Å². The monoisotopic (exact) mass is 410 g/mol. The maximum atomic E-state index is 12.1. The van der Waals surface area contributed by atoms with Crippen LogP contribution >= 0.6 is 0 Å². The third-order valence-electron chi connectivity index (χ3n) is 4.61. The van der Waals surface area contributed by atoms with Crippen molar-refractivity contribution in [2.75, 3.05) is 6.61 Å². The number of carboxylic acid groups (broad SMARTS) is 2. The zero-order chi connectivity index (χ0) is 22.5. The Kier molecular flexibility index (Phi) is 7.65. The number of ketones is 1. The van der Waals surface area contributed by atoms with Crippen LogP contribution < -0.4 is 0 Å². The normalized spacial score (nSPS) is 26.9. The Morgan fingerprint density at radius 2 is 1.90 bits per heavy atom. The molecule has 0 heterocycles. The van der Waals surface area contributed by atoms with Gasteiger partial charge in [-0.15, -0.1) is 0 Å². The number of carbonyl (C=O) groups excluding carboxylic acids is 2. The Labute approximate surface area is 168 Å². The van der Waals surface area contributed by atoms with Gasteiger partial charge in [0.25, 0.3) is 0 Å². The second kappa shape index (κ2) is 9.15. The Hall–Kier alpha value is -2.78. The highest BCUT2D eigenvalue weighted by molar-refractivity contribution is 5.92. The molecule has 0 fully saturated rings. The minimum Gasteiger partial charge on any atom is -0.481 e. The summed E-state index contributed by atoms with van der Waals surface area (Å²) in [6, 6.07) is 0. The van der Waals surface area contributed by atoms with Gasteiger partial charge in [0.1, 0.15) is 12.2 Å². The van der Waals surface area contributed by atoms with E-state index in [1.807, 2.05) is 0 Å². The topological polar surface area (TPSA) is 158 Å². The standard InChI is InChI=1S/C20H26O9/c1-13(8-15(22)23)4-6-20(28)7-5-14(21)9-18(20,2)12-29-17(26)11-19(3,27)10-16(24)25/h4-8,27-28H,9-12H2,1-3H3,(H,22,23)(H,24,25). The number of hydrogen-bond acceptors (Lipinski definition) is 7. The lowest BCUT2D eigenvalue weighted by molar-refractivity contribution is -0.159. The molecule has 0 radical (unpaired) electrons. The summed E-state index contributed by atoms with van der Waals surface area (Å²) in [4.78, 5) is 45.4. The molecule has 0 aliphatic heterocycles. The molecule has 0 saturated heterocycles. The number of esters is 1. The minimum atomic E-state index is -1.80. The SMILES string of the molecule is CC(C=CC1(O)C=CC(=O)CC1(C)COC(=O)CC(C)(O)CC(=O)O)=CC(=O)O. The van der Waals surface area contributed by atoms with E-state index in [0.29, 0.717) is 5.57 Å². The van der Waals surface area contributed by atoms with Crippen molar-refractivity contribution in [3.8, 4) is 0 Å². The number of ether oxygens (including phenoxy) is 1. The van der Waals surface area contributed by atoms with Crippen LogP contribution in [0.25, 0.3) is 0 Å². The molecule has 0 amide bonds. The van der Waals surface area contributed by atoms with Gasteiger partial charge < -0.3 is 25.2 Å². The molecule has 0 aromatic heterocycles. The first-order chi connectivity index (χ1) is 13.2. The number of hydrogen-bond donors (Lipinski definition) is 4. The van der Waals surface area contributed by atoms with Crippen LogP contribution in [0.15, 0.2) is 36.0 Å². The highest BCUT2D eigenvalue weighted by atomic mass is 16.5. The maximum Gasteiger partial charge on any atom is 0.328 e. The second-order valence-corrected chi connectivity index (χ2v) is 7.83. The zero-order valence-electron chi connectivity index (χ0n) is 16.5. The Balaban J connectivity index is 2.97. The number of carbonyl (C=O) groups is 4. The summed E-state index contributed by atoms with van der Waals surface area (Å²) in [5.74, 6) is -3.61. The Morgan fingerprint density at radius 3 is 2.45 bits per heavy atom. The quantitative estimate of drug-likeness (QED) is 0.247. The Morgan fingerprint density at radius 1 is 1.28 bits per heavy atom. The molecular weight excluding hydrogens is 384 g/mol. The van der Waals surface area contributed by atoms with Crippen LogP contribution in [0.2, 0.25) is 0 Å². The highest BCUT2D eigenvalue weighted by Gasteiger charge is 2.48. The number of allylic oxidation sites excluding steroid dienone is 3. The molecule has 9 nitrogen and oxygen atoms in total. The molecule has 0 bridgehead atoms. The van der Waals surface area contributed by atoms with Crippen LogP contribution in [0.5, 0.6) is 0 Å². The van der Waals surface area contributed by atoms with Crippen LogP contribution in [0.3, 0.4) is 0 Å². The molecule has 4 N–H and O–H groups in total. The van der Waals surface area contributed by atoms with E-state index in [-0.39, 0.29) is 18.8 Å². The summed E-state index contributed by atoms with van der Waals surface area (Å²) < 4.78 is 5.14. The number of carboxylic acids is 2. The molecule has 9 heteroatoms. The summed E-state index contributed by atoms with van der Waals surface area (Å²) in [5.41, 5.74) is -4.42. The van der Waals surface area contributed by atoms with Crippen LogP contribution in [-0.4, -0.2) is 61.9 Å². The molecule has 0 spiro atoms. The molecule has 3 unspecified atom stereocenters. The lowest BCUT2D eigenvalue weighted by Crippen LogP contribution is -2.50. The van der Waals surface area contributed by atoms with Crippen molar-refractivity contribution in [1.82, 2.24) is 0 Å². The van der Waals surface area contributed by atoms with E-state index in [2.05, 4.69) is 0 Å². The molecule has 1 aliphatic carbocycles. The van der Waals surface area contributed by atoms with Crippen molar-refractivity contribution < 1.29 is 44.3 Å². The fourth-order valence-electron chi connectivity index (χ4n) is 2.92. The summed E-state index contributed by atoms with van der Waals surface area (Å²) in [6.45, 7) is 3.85. The van der Waals surface area contributed by atoms with Crippen molar-refractivity contribution in [1.29, 1.82) is 0 Å². The van der Waals surface area contributed by atoms with Gasteiger partial charge in [-0.1, -0.05) is 13.0 Å². The Bertz CT molecular complexity index is 775. The molecule has 0 aromatic carbocycles. The van der Waals surface area contributed by atoms with Gasteiger partial charge in [-0.05, 0) is 37.6 Å². The molecule has 160 valence electrons. The van der Waals surface area contributed by atoms with Gasteiger partial charge in [0.15, 0.2) is 5.78 Å². The van der Waals surface area contributed by atoms with Gasteiger partial charge in [0.2, 0.25) is 0 Å². The van der Waals surface area contributed by atoms with Gasteiger partial charge in [-0.2, -0.15) is 0 Å². The first kappa shape index (κ1) is 24.3. The molecule has 1 aliphatic rings. The lowest BCUT2D eigenvalue weighted by atomic mass is 9.67. The van der Waals surface area contributed by atoms with Crippen LogP contribution in [0, 0.1) is 5.41 Å². The van der Waals surface area contributed by atoms with E-state index in [9.17, 15) is 29.4 Å². The van der Waals surface area contributed by atoms with Gasteiger partial charge in [0, 0.05) is 17.9 Å². The summed E-state index contributed by atoms with van der Waals surface area (Å²) in [5, 5.41) is 38.5. The first-order valence-corrected chi connectivity index (χ1v) is 8.83. The minimum absolute atomic E-state index is 0.148. The largest absolute Gasteiger partial charge is 0.481 e. The molecular formula is C20H26O9. The fraction of sp³-hybridized carbons (Fsp3) is 0.500. The van der Waals surface area contributed by atoms with Gasteiger partial charge >= 0.3 is 17.9 Å². The lowest BCUT2D eigenvalue weighted by Gasteiger charge is -2.42. The van der Waals surface area contributed by atoms with Crippen molar-refractivity contribution in [3.05, 3.63) is 36.0 Å². The third-order valence-corrected chi connectivity index (χ3v) is 4.61. The van der Waals surface area contributed by atoms with Crippen molar-refractivity contribution in [3.63, 3.8) is 0 Å². The summed E-state index contributed by atoms with van der Waals surface area (Å²) >= 11 is 0. The van der Waals surface area contributed by atoms with Crippen LogP contribution in [0.4, 0.5) is 0 Å². The van der Waals surface area contributed by atoms with Gasteiger partial charge in [-0.3, -0.25) is 14.4 Å². The number of rotatable bonds is 9. The average Bonchev–Trinajstić information content (AvgIpc) is 2.53. The van der Waals surface area contributed by atoms with Crippen LogP contribution in [-0.2, 0) is 23.9 Å². The fourth-order valence-corrected chi connectivity index (χ4v) is 2.92. The van der Waals surface area contributed by atoms with Gasteiger partial charge in [-0.25, -0.2) is 4.79 Å². The predicted molar refractivity (Wildman–Crippen MR) is 101 cm³/mol. The van der Waals surface area contributed by atoms with Crippen molar-refractivity contribution in [2.24, 2.45) is 5.41 Å². The average molecular weight is 410 g/mol. The third kappa shape index (κ3) is 7.28. The predicted octanol–water partition coefficient (Wildman–Crippen LogP) is 0.999. The summed E-state index contributed by atoms with van der Waals surface area (Å²) in [7, 11) is 0. The molecule has 3 atom stereocenters.